The summed E-state index contributed by atoms with van der Waals surface area (Å²) in [4.78, 5) is 0. The van der Waals surface area contributed by atoms with E-state index in [4.69, 9.17) is 5.26 Å². The van der Waals surface area contributed by atoms with E-state index in [1.807, 2.05) is 24.3 Å². The molecule has 2 heteroatoms. The molecular formula is C18H20N2. The fourth-order valence-corrected chi connectivity index (χ4v) is 2.31. The van der Waals surface area contributed by atoms with Gasteiger partial charge in [0.2, 0.25) is 0 Å². The molecule has 0 aliphatic carbocycles. The van der Waals surface area contributed by atoms with Crippen LogP contribution in [0.15, 0.2) is 48.5 Å². The maximum Gasteiger partial charge on any atom is 0.0992 e. The van der Waals surface area contributed by atoms with Crippen molar-refractivity contribution in [1.82, 2.24) is 0 Å². The molecule has 1 unspecified atom stereocenters. The maximum atomic E-state index is 9.04. The zero-order chi connectivity index (χ0) is 14.5. The summed E-state index contributed by atoms with van der Waals surface area (Å²) < 4.78 is 0. The summed E-state index contributed by atoms with van der Waals surface area (Å²) in [7, 11) is 0. The molecule has 0 bridgehead atoms. The van der Waals surface area contributed by atoms with Crippen LogP contribution < -0.4 is 5.32 Å². The predicted molar refractivity (Wildman–Crippen MR) is 83.5 cm³/mol. The lowest BCUT2D eigenvalue weighted by Gasteiger charge is -2.25. The first kappa shape index (κ1) is 14.1. The maximum absolute atomic E-state index is 9.04. The number of aryl methyl sites for hydroxylation is 1. The van der Waals surface area contributed by atoms with Crippen LogP contribution in [0.2, 0.25) is 0 Å². The molecule has 0 fully saturated rings. The molecule has 1 N–H and O–H groups in total. The molecule has 0 aromatic heterocycles. The number of nitrogens with one attached hydrogen (secondary N) is 1. The highest BCUT2D eigenvalue weighted by atomic mass is 14.9. The van der Waals surface area contributed by atoms with Crippen LogP contribution in [0, 0.1) is 24.2 Å². The van der Waals surface area contributed by atoms with Gasteiger partial charge < -0.3 is 5.32 Å². The van der Waals surface area contributed by atoms with E-state index in [2.05, 4.69) is 56.4 Å². The number of nitriles is 1. The first-order valence-electron chi connectivity index (χ1n) is 6.94. The van der Waals surface area contributed by atoms with Crippen LogP contribution in [0.25, 0.3) is 0 Å². The Balaban J connectivity index is 2.32. The van der Waals surface area contributed by atoms with Gasteiger partial charge >= 0.3 is 0 Å². The van der Waals surface area contributed by atoms with E-state index in [-0.39, 0.29) is 6.04 Å². The van der Waals surface area contributed by atoms with Crippen LogP contribution >= 0.6 is 0 Å². The zero-order valence-electron chi connectivity index (χ0n) is 12.2. The van der Waals surface area contributed by atoms with Gasteiger partial charge in [0.05, 0.1) is 17.7 Å². The van der Waals surface area contributed by atoms with Crippen molar-refractivity contribution in [3.63, 3.8) is 0 Å². The van der Waals surface area contributed by atoms with Gasteiger partial charge in [-0.1, -0.05) is 50.2 Å². The Kier molecular flexibility index (Phi) is 4.42. The van der Waals surface area contributed by atoms with E-state index in [0.29, 0.717) is 11.5 Å². The minimum Gasteiger partial charge on any atom is -0.378 e. The molecule has 2 rings (SSSR count). The molecule has 2 nitrogen and oxygen atoms in total. The van der Waals surface area contributed by atoms with Crippen LogP contribution in [0.4, 0.5) is 5.69 Å². The summed E-state index contributed by atoms with van der Waals surface area (Å²) >= 11 is 0. The second-order valence-corrected chi connectivity index (χ2v) is 5.42. The summed E-state index contributed by atoms with van der Waals surface area (Å²) in [6, 6.07) is 18.6. The van der Waals surface area contributed by atoms with Gasteiger partial charge in [-0.3, -0.25) is 0 Å². The molecule has 0 saturated carbocycles. The van der Waals surface area contributed by atoms with Crippen molar-refractivity contribution in [3.8, 4) is 6.07 Å². The van der Waals surface area contributed by atoms with Gasteiger partial charge in [-0.15, -0.1) is 0 Å². The normalized spacial score (nSPS) is 11.9. The van der Waals surface area contributed by atoms with Crippen molar-refractivity contribution >= 4 is 5.69 Å². The highest BCUT2D eigenvalue weighted by Gasteiger charge is 2.16. The summed E-state index contributed by atoms with van der Waals surface area (Å²) in [6.07, 6.45) is 0. The molecule has 0 aliphatic heterocycles. The first-order chi connectivity index (χ1) is 9.61. The van der Waals surface area contributed by atoms with E-state index in [9.17, 15) is 0 Å². The Bertz CT molecular complexity index is 609. The Morgan fingerprint density at radius 2 is 1.75 bits per heavy atom. The smallest absolute Gasteiger partial charge is 0.0992 e. The Labute approximate surface area is 121 Å². The number of hydrogen-bond acceptors (Lipinski definition) is 2. The Morgan fingerprint density at radius 3 is 2.35 bits per heavy atom. The molecule has 102 valence electrons. The third kappa shape index (κ3) is 3.19. The third-order valence-electron chi connectivity index (χ3n) is 3.50. The van der Waals surface area contributed by atoms with Crippen molar-refractivity contribution in [2.24, 2.45) is 5.92 Å². The van der Waals surface area contributed by atoms with E-state index in [1.165, 1.54) is 5.56 Å². The summed E-state index contributed by atoms with van der Waals surface area (Å²) in [5.41, 5.74) is 4.15. The van der Waals surface area contributed by atoms with Gasteiger partial charge in [-0.05, 0) is 36.1 Å². The molecule has 0 saturated heterocycles. The largest absolute Gasteiger partial charge is 0.378 e. The van der Waals surface area contributed by atoms with E-state index < -0.39 is 0 Å². The fraction of sp³-hybridized carbons (Fsp3) is 0.278. The molecule has 0 spiro atoms. The van der Waals surface area contributed by atoms with Crippen molar-refractivity contribution in [3.05, 3.63) is 65.2 Å². The number of anilines is 1. The summed E-state index contributed by atoms with van der Waals surface area (Å²) in [6.45, 7) is 6.47. The topological polar surface area (TPSA) is 35.8 Å². The van der Waals surface area contributed by atoms with Crippen LogP contribution in [-0.4, -0.2) is 0 Å². The van der Waals surface area contributed by atoms with E-state index in [0.717, 1.165) is 11.3 Å². The standard InChI is InChI=1S/C18H20N2/c1-13(2)18(16-7-5-4-6-8-16)20-17-11-15(12-19)10-9-14(17)3/h4-11,13,18,20H,1-3H3. The Hall–Kier alpha value is -2.27. The van der Waals surface area contributed by atoms with Gasteiger partial charge in [-0.2, -0.15) is 5.26 Å². The quantitative estimate of drug-likeness (QED) is 0.870. The number of rotatable bonds is 4. The molecule has 0 aliphatic rings. The summed E-state index contributed by atoms with van der Waals surface area (Å²) in [5.74, 6) is 0.461. The third-order valence-corrected chi connectivity index (χ3v) is 3.50. The molecule has 20 heavy (non-hydrogen) atoms. The van der Waals surface area contributed by atoms with Crippen molar-refractivity contribution < 1.29 is 0 Å². The van der Waals surface area contributed by atoms with Crippen LogP contribution in [-0.2, 0) is 0 Å². The van der Waals surface area contributed by atoms with Gasteiger partial charge in [-0.25, -0.2) is 0 Å². The van der Waals surface area contributed by atoms with Crippen molar-refractivity contribution in [2.75, 3.05) is 5.32 Å². The number of nitrogens with zero attached hydrogens (tertiary/aromatic N) is 1. The highest BCUT2D eigenvalue weighted by molar-refractivity contribution is 5.56. The zero-order valence-corrected chi connectivity index (χ0v) is 12.2. The predicted octanol–water partition coefficient (Wildman–Crippen LogP) is 4.68. The highest BCUT2D eigenvalue weighted by Crippen LogP contribution is 2.28. The molecule has 2 aromatic rings. The minimum absolute atomic E-state index is 0.240. The molecule has 0 amide bonds. The van der Waals surface area contributed by atoms with E-state index >= 15 is 0 Å². The second-order valence-electron chi connectivity index (χ2n) is 5.42. The number of hydrogen-bond donors (Lipinski definition) is 1. The van der Waals surface area contributed by atoms with Crippen LogP contribution in [0.1, 0.15) is 36.6 Å². The van der Waals surface area contributed by atoms with Gasteiger partial charge in [0.15, 0.2) is 0 Å². The first-order valence-corrected chi connectivity index (χ1v) is 6.94. The lowest BCUT2D eigenvalue weighted by atomic mass is 9.95. The average molecular weight is 264 g/mol. The lowest BCUT2D eigenvalue weighted by molar-refractivity contribution is 0.546. The van der Waals surface area contributed by atoms with Gasteiger partial charge in [0.25, 0.3) is 0 Å². The molecule has 0 radical (unpaired) electrons. The monoisotopic (exact) mass is 264 g/mol. The average Bonchev–Trinajstić information content (AvgIpc) is 2.47. The van der Waals surface area contributed by atoms with Crippen molar-refractivity contribution in [1.29, 1.82) is 5.26 Å². The van der Waals surface area contributed by atoms with Crippen LogP contribution in [0.3, 0.4) is 0 Å². The Morgan fingerprint density at radius 1 is 1.05 bits per heavy atom. The molecule has 2 aromatic carbocycles. The molecular weight excluding hydrogens is 244 g/mol. The van der Waals surface area contributed by atoms with Gasteiger partial charge in [0.1, 0.15) is 0 Å². The molecule has 1 atom stereocenters. The fourth-order valence-electron chi connectivity index (χ4n) is 2.31. The lowest BCUT2D eigenvalue weighted by Crippen LogP contribution is -2.17. The van der Waals surface area contributed by atoms with Crippen LogP contribution in [0.5, 0.6) is 0 Å². The molecule has 0 heterocycles. The van der Waals surface area contributed by atoms with Gasteiger partial charge in [0, 0.05) is 5.69 Å². The minimum atomic E-state index is 0.240. The van der Waals surface area contributed by atoms with Crippen molar-refractivity contribution in [2.45, 2.75) is 26.8 Å². The number of benzene rings is 2. The summed E-state index contributed by atoms with van der Waals surface area (Å²) in [5, 5.41) is 12.6. The second kappa shape index (κ2) is 6.25. The van der Waals surface area contributed by atoms with E-state index in [1.54, 1.807) is 0 Å². The SMILES string of the molecule is Cc1ccc(C#N)cc1NC(c1ccccc1)C(C)C.